The van der Waals surface area contributed by atoms with Gasteiger partial charge in [0.2, 0.25) is 0 Å². The molecule has 0 heterocycles. The lowest BCUT2D eigenvalue weighted by atomic mass is 10.2. The standard InChI is InChI=1S/C13H18O3/c1-15-9-10-3-2-4-12(7-10)16-13-6-5-11(14)8-13/h2-4,7,11,13-14H,5-6,8-9H2,1H3. The molecule has 0 spiro atoms. The monoisotopic (exact) mass is 222 g/mol. The van der Waals surface area contributed by atoms with E-state index >= 15 is 0 Å². The van der Waals surface area contributed by atoms with Crippen molar-refractivity contribution in [2.45, 2.75) is 38.1 Å². The molecule has 1 aliphatic rings. The molecular formula is C13H18O3. The van der Waals surface area contributed by atoms with Gasteiger partial charge in [-0.3, -0.25) is 0 Å². The maximum absolute atomic E-state index is 9.42. The summed E-state index contributed by atoms with van der Waals surface area (Å²) < 4.78 is 10.9. The van der Waals surface area contributed by atoms with Gasteiger partial charge in [-0.2, -0.15) is 0 Å². The molecule has 88 valence electrons. The third kappa shape index (κ3) is 2.97. The number of aliphatic hydroxyl groups is 1. The molecule has 1 aromatic carbocycles. The van der Waals surface area contributed by atoms with E-state index in [9.17, 15) is 5.11 Å². The Labute approximate surface area is 96.0 Å². The Morgan fingerprint density at radius 1 is 1.38 bits per heavy atom. The van der Waals surface area contributed by atoms with Gasteiger partial charge in [-0.05, 0) is 30.5 Å². The second kappa shape index (κ2) is 5.32. The predicted molar refractivity (Wildman–Crippen MR) is 61.4 cm³/mol. The maximum atomic E-state index is 9.42. The summed E-state index contributed by atoms with van der Waals surface area (Å²) in [6.07, 6.45) is 2.51. The van der Waals surface area contributed by atoms with Crippen LogP contribution in [0.5, 0.6) is 5.75 Å². The fraction of sp³-hybridized carbons (Fsp3) is 0.538. The van der Waals surface area contributed by atoms with Crippen LogP contribution < -0.4 is 4.74 Å². The molecule has 0 aliphatic heterocycles. The number of methoxy groups -OCH3 is 1. The molecule has 0 bridgehead atoms. The van der Waals surface area contributed by atoms with Crippen molar-refractivity contribution in [3.8, 4) is 5.75 Å². The summed E-state index contributed by atoms with van der Waals surface area (Å²) in [7, 11) is 1.68. The van der Waals surface area contributed by atoms with Crippen LogP contribution in [-0.4, -0.2) is 24.4 Å². The van der Waals surface area contributed by atoms with Crippen molar-refractivity contribution in [2.75, 3.05) is 7.11 Å². The molecule has 0 amide bonds. The van der Waals surface area contributed by atoms with Gasteiger partial charge in [-0.25, -0.2) is 0 Å². The molecule has 1 aliphatic carbocycles. The summed E-state index contributed by atoms with van der Waals surface area (Å²) in [6.45, 7) is 0.602. The van der Waals surface area contributed by atoms with Gasteiger partial charge in [0, 0.05) is 13.5 Å². The van der Waals surface area contributed by atoms with Gasteiger partial charge in [-0.1, -0.05) is 12.1 Å². The van der Waals surface area contributed by atoms with Crippen LogP contribution in [0.15, 0.2) is 24.3 Å². The molecule has 0 aromatic heterocycles. The third-order valence-electron chi connectivity index (χ3n) is 2.87. The highest BCUT2D eigenvalue weighted by atomic mass is 16.5. The largest absolute Gasteiger partial charge is 0.490 e. The van der Waals surface area contributed by atoms with Crippen molar-refractivity contribution in [1.29, 1.82) is 0 Å². The molecule has 0 radical (unpaired) electrons. The number of rotatable bonds is 4. The van der Waals surface area contributed by atoms with E-state index in [1.807, 2.05) is 24.3 Å². The molecule has 1 saturated carbocycles. The van der Waals surface area contributed by atoms with E-state index in [-0.39, 0.29) is 12.2 Å². The van der Waals surface area contributed by atoms with Crippen LogP contribution in [0.1, 0.15) is 24.8 Å². The maximum Gasteiger partial charge on any atom is 0.120 e. The minimum atomic E-state index is -0.188. The summed E-state index contributed by atoms with van der Waals surface area (Å²) in [4.78, 5) is 0. The normalized spacial score (nSPS) is 24.6. The Morgan fingerprint density at radius 3 is 2.94 bits per heavy atom. The second-order valence-electron chi connectivity index (χ2n) is 4.29. The highest BCUT2D eigenvalue weighted by Crippen LogP contribution is 2.25. The zero-order valence-electron chi connectivity index (χ0n) is 9.56. The average Bonchev–Trinajstić information content (AvgIpc) is 2.65. The first-order chi connectivity index (χ1) is 7.78. The second-order valence-corrected chi connectivity index (χ2v) is 4.29. The topological polar surface area (TPSA) is 38.7 Å². The summed E-state index contributed by atoms with van der Waals surface area (Å²) >= 11 is 0. The van der Waals surface area contributed by atoms with Crippen LogP contribution in [0.4, 0.5) is 0 Å². The Bertz CT molecular complexity index is 338. The van der Waals surface area contributed by atoms with E-state index in [2.05, 4.69) is 0 Å². The molecular weight excluding hydrogens is 204 g/mol. The van der Waals surface area contributed by atoms with E-state index < -0.39 is 0 Å². The fourth-order valence-corrected chi connectivity index (χ4v) is 2.09. The van der Waals surface area contributed by atoms with E-state index in [1.165, 1.54) is 0 Å². The third-order valence-corrected chi connectivity index (χ3v) is 2.87. The molecule has 1 aromatic rings. The highest BCUT2D eigenvalue weighted by Gasteiger charge is 2.24. The van der Waals surface area contributed by atoms with Gasteiger partial charge >= 0.3 is 0 Å². The molecule has 0 saturated heterocycles. The van der Waals surface area contributed by atoms with Crippen LogP contribution in [0.3, 0.4) is 0 Å². The smallest absolute Gasteiger partial charge is 0.120 e. The number of ether oxygens (including phenoxy) is 2. The van der Waals surface area contributed by atoms with Gasteiger partial charge in [0.1, 0.15) is 11.9 Å². The Kier molecular flexibility index (Phi) is 3.80. The number of benzene rings is 1. The van der Waals surface area contributed by atoms with Crippen molar-refractivity contribution in [2.24, 2.45) is 0 Å². The molecule has 2 rings (SSSR count). The minimum absolute atomic E-state index is 0.160. The van der Waals surface area contributed by atoms with E-state index in [0.29, 0.717) is 6.61 Å². The Balaban J connectivity index is 1.95. The van der Waals surface area contributed by atoms with E-state index in [1.54, 1.807) is 7.11 Å². The van der Waals surface area contributed by atoms with Gasteiger partial charge in [0.15, 0.2) is 0 Å². The van der Waals surface area contributed by atoms with Crippen LogP contribution in [0.2, 0.25) is 0 Å². The zero-order valence-corrected chi connectivity index (χ0v) is 9.56. The molecule has 16 heavy (non-hydrogen) atoms. The number of aliphatic hydroxyl groups excluding tert-OH is 1. The Hall–Kier alpha value is -1.06. The first-order valence-corrected chi connectivity index (χ1v) is 5.70. The van der Waals surface area contributed by atoms with Crippen molar-refractivity contribution >= 4 is 0 Å². The Morgan fingerprint density at radius 2 is 2.25 bits per heavy atom. The first kappa shape index (κ1) is 11.4. The predicted octanol–water partition coefficient (Wildman–Crippen LogP) is 2.13. The highest BCUT2D eigenvalue weighted by molar-refractivity contribution is 5.28. The fourth-order valence-electron chi connectivity index (χ4n) is 2.09. The quantitative estimate of drug-likeness (QED) is 0.848. The summed E-state index contributed by atoms with van der Waals surface area (Å²) in [5.41, 5.74) is 1.11. The average molecular weight is 222 g/mol. The SMILES string of the molecule is COCc1cccc(OC2CCC(O)C2)c1. The zero-order chi connectivity index (χ0) is 11.4. The molecule has 1 N–H and O–H groups in total. The van der Waals surface area contributed by atoms with E-state index in [4.69, 9.17) is 9.47 Å². The van der Waals surface area contributed by atoms with Crippen molar-refractivity contribution in [3.05, 3.63) is 29.8 Å². The number of hydrogen-bond donors (Lipinski definition) is 1. The van der Waals surface area contributed by atoms with Crippen LogP contribution in [-0.2, 0) is 11.3 Å². The summed E-state index contributed by atoms with van der Waals surface area (Å²) in [5, 5.41) is 9.42. The van der Waals surface area contributed by atoms with Crippen LogP contribution in [0, 0.1) is 0 Å². The number of hydrogen-bond acceptors (Lipinski definition) is 3. The lowest BCUT2D eigenvalue weighted by Gasteiger charge is -2.13. The summed E-state index contributed by atoms with van der Waals surface area (Å²) in [6, 6.07) is 7.92. The van der Waals surface area contributed by atoms with E-state index in [0.717, 1.165) is 30.6 Å². The molecule has 3 heteroatoms. The van der Waals surface area contributed by atoms with Gasteiger partial charge in [0.05, 0.1) is 12.7 Å². The van der Waals surface area contributed by atoms with Gasteiger partial charge in [0.25, 0.3) is 0 Å². The van der Waals surface area contributed by atoms with Gasteiger partial charge < -0.3 is 14.6 Å². The van der Waals surface area contributed by atoms with Crippen LogP contribution in [0.25, 0.3) is 0 Å². The van der Waals surface area contributed by atoms with Crippen molar-refractivity contribution < 1.29 is 14.6 Å². The van der Waals surface area contributed by atoms with Crippen LogP contribution >= 0.6 is 0 Å². The lowest BCUT2D eigenvalue weighted by molar-refractivity contribution is 0.149. The first-order valence-electron chi connectivity index (χ1n) is 5.70. The molecule has 2 unspecified atom stereocenters. The lowest BCUT2D eigenvalue weighted by Crippen LogP contribution is -2.13. The molecule has 2 atom stereocenters. The van der Waals surface area contributed by atoms with Gasteiger partial charge in [-0.15, -0.1) is 0 Å². The van der Waals surface area contributed by atoms with Crippen molar-refractivity contribution in [3.63, 3.8) is 0 Å². The molecule has 3 nitrogen and oxygen atoms in total. The molecule has 1 fully saturated rings. The van der Waals surface area contributed by atoms with Crippen molar-refractivity contribution in [1.82, 2.24) is 0 Å². The summed E-state index contributed by atoms with van der Waals surface area (Å²) in [5.74, 6) is 0.869. The minimum Gasteiger partial charge on any atom is -0.490 e.